The number of halogens is 1. The molecule has 2 N–H and O–H groups in total. The van der Waals surface area contributed by atoms with Crippen LogP contribution in [0.5, 0.6) is 5.75 Å². The predicted octanol–water partition coefficient (Wildman–Crippen LogP) is 2.75. The Kier molecular flexibility index (Phi) is 5.33. The highest BCUT2D eigenvalue weighted by Crippen LogP contribution is 2.23. The molecule has 0 radical (unpaired) electrons. The third-order valence-corrected chi connectivity index (χ3v) is 3.10. The number of carbonyl (C=O) groups excluding carboxylic acids is 2. The van der Waals surface area contributed by atoms with Gasteiger partial charge < -0.3 is 15.2 Å². The molecule has 0 unspecified atom stereocenters. The minimum absolute atomic E-state index is 0.0366. The second kappa shape index (κ2) is 7.42. The van der Waals surface area contributed by atoms with Crippen molar-refractivity contribution in [3.05, 3.63) is 63.2 Å². The number of amides is 1. The van der Waals surface area contributed by atoms with Crippen LogP contribution < -0.4 is 5.32 Å². The Hall–Kier alpha value is -3.13. The molecule has 124 valence electrons. The number of nitrogens with one attached hydrogen (secondary N) is 1. The van der Waals surface area contributed by atoms with Crippen LogP contribution in [-0.4, -0.2) is 28.5 Å². The van der Waals surface area contributed by atoms with Crippen LogP contribution in [0.15, 0.2) is 42.5 Å². The molecule has 0 aliphatic rings. The summed E-state index contributed by atoms with van der Waals surface area (Å²) in [6.07, 6.45) is 0. The Labute approximate surface area is 140 Å². The highest BCUT2D eigenvalue weighted by molar-refractivity contribution is 6.31. The Morgan fingerprint density at radius 1 is 1.21 bits per heavy atom. The number of anilines is 1. The van der Waals surface area contributed by atoms with E-state index in [1.54, 1.807) is 0 Å². The fraction of sp³-hybridized carbons (Fsp3) is 0.0667. The Balaban J connectivity index is 1.99. The number of phenolic OH excluding ortho intramolecular Hbond substituents is 1. The molecule has 0 heterocycles. The third-order valence-electron chi connectivity index (χ3n) is 2.86. The molecule has 0 aliphatic carbocycles. The van der Waals surface area contributed by atoms with E-state index in [0.29, 0.717) is 5.69 Å². The number of benzene rings is 2. The summed E-state index contributed by atoms with van der Waals surface area (Å²) in [5.74, 6) is -1.61. The van der Waals surface area contributed by atoms with Gasteiger partial charge in [-0.3, -0.25) is 14.9 Å². The van der Waals surface area contributed by atoms with Gasteiger partial charge in [-0.05, 0) is 36.4 Å². The lowest BCUT2D eigenvalue weighted by Gasteiger charge is -2.07. The lowest BCUT2D eigenvalue weighted by Crippen LogP contribution is -2.21. The predicted molar refractivity (Wildman–Crippen MR) is 85.1 cm³/mol. The van der Waals surface area contributed by atoms with Crippen LogP contribution in [0.4, 0.5) is 11.4 Å². The molecule has 9 heteroatoms. The maximum atomic E-state index is 11.9. The number of aromatic hydroxyl groups is 1. The van der Waals surface area contributed by atoms with Gasteiger partial charge in [-0.15, -0.1) is 0 Å². The summed E-state index contributed by atoms with van der Waals surface area (Å²) in [5, 5.41) is 22.6. The minimum Gasteiger partial charge on any atom is -0.508 e. The van der Waals surface area contributed by atoms with E-state index in [0.717, 1.165) is 12.1 Å². The monoisotopic (exact) mass is 350 g/mol. The molecule has 2 aromatic carbocycles. The van der Waals surface area contributed by atoms with Crippen LogP contribution in [0, 0.1) is 10.1 Å². The summed E-state index contributed by atoms with van der Waals surface area (Å²) in [5.41, 5.74) is -0.417. The SMILES string of the molecule is O=C(COC(=O)c1ccc(Cl)cc1[N+](=O)[O-])Nc1ccc(O)cc1. The zero-order chi connectivity index (χ0) is 17.7. The van der Waals surface area contributed by atoms with E-state index in [4.69, 9.17) is 21.4 Å². The van der Waals surface area contributed by atoms with Gasteiger partial charge in [-0.25, -0.2) is 4.79 Å². The van der Waals surface area contributed by atoms with Crippen molar-refractivity contribution < 1.29 is 24.4 Å². The van der Waals surface area contributed by atoms with Crippen molar-refractivity contribution in [3.63, 3.8) is 0 Å². The summed E-state index contributed by atoms with van der Waals surface area (Å²) in [6.45, 7) is -0.626. The maximum absolute atomic E-state index is 11.9. The number of hydrogen-bond acceptors (Lipinski definition) is 6. The largest absolute Gasteiger partial charge is 0.508 e. The lowest BCUT2D eigenvalue weighted by molar-refractivity contribution is -0.385. The second-order valence-corrected chi connectivity index (χ2v) is 5.03. The van der Waals surface area contributed by atoms with E-state index in [1.807, 2.05) is 0 Å². The second-order valence-electron chi connectivity index (χ2n) is 4.59. The quantitative estimate of drug-likeness (QED) is 0.370. The summed E-state index contributed by atoms with van der Waals surface area (Å²) >= 11 is 5.66. The zero-order valence-corrected chi connectivity index (χ0v) is 12.8. The van der Waals surface area contributed by atoms with E-state index in [9.17, 15) is 19.7 Å². The van der Waals surface area contributed by atoms with E-state index in [-0.39, 0.29) is 16.3 Å². The minimum atomic E-state index is -1.01. The number of esters is 1. The fourth-order valence-corrected chi connectivity index (χ4v) is 1.95. The van der Waals surface area contributed by atoms with Crippen molar-refractivity contribution in [3.8, 4) is 5.75 Å². The number of ether oxygens (including phenoxy) is 1. The van der Waals surface area contributed by atoms with Crippen molar-refractivity contribution in [2.75, 3.05) is 11.9 Å². The highest BCUT2D eigenvalue weighted by atomic mass is 35.5. The Morgan fingerprint density at radius 2 is 1.88 bits per heavy atom. The molecule has 2 rings (SSSR count). The number of carbonyl (C=O) groups is 2. The van der Waals surface area contributed by atoms with E-state index >= 15 is 0 Å². The first-order valence-electron chi connectivity index (χ1n) is 6.57. The highest BCUT2D eigenvalue weighted by Gasteiger charge is 2.22. The van der Waals surface area contributed by atoms with Crippen LogP contribution in [0.25, 0.3) is 0 Å². The van der Waals surface area contributed by atoms with Crippen LogP contribution in [0.1, 0.15) is 10.4 Å². The molecule has 8 nitrogen and oxygen atoms in total. The summed E-state index contributed by atoms with van der Waals surface area (Å²) in [7, 11) is 0. The van der Waals surface area contributed by atoms with Gasteiger partial charge in [0.05, 0.1) is 4.92 Å². The van der Waals surface area contributed by atoms with Crippen molar-refractivity contribution >= 4 is 34.9 Å². The van der Waals surface area contributed by atoms with Crippen molar-refractivity contribution in [2.45, 2.75) is 0 Å². The molecular formula is C15H11ClN2O6. The molecule has 0 saturated heterocycles. The third kappa shape index (κ3) is 4.43. The molecule has 0 aromatic heterocycles. The van der Waals surface area contributed by atoms with Crippen LogP contribution >= 0.6 is 11.6 Å². The van der Waals surface area contributed by atoms with Gasteiger partial charge in [0.2, 0.25) is 0 Å². The van der Waals surface area contributed by atoms with Gasteiger partial charge in [0, 0.05) is 16.8 Å². The molecule has 0 aliphatic heterocycles. The van der Waals surface area contributed by atoms with Gasteiger partial charge in [0.15, 0.2) is 6.61 Å². The van der Waals surface area contributed by atoms with E-state index in [2.05, 4.69) is 5.32 Å². The summed E-state index contributed by atoms with van der Waals surface area (Å²) < 4.78 is 4.77. The van der Waals surface area contributed by atoms with Gasteiger partial charge in [0.25, 0.3) is 11.6 Å². The standard InChI is InChI=1S/C15H11ClN2O6/c16-9-1-6-12(13(7-9)18(22)23)15(21)24-8-14(20)17-10-2-4-11(19)5-3-10/h1-7,19H,8H2,(H,17,20). The average Bonchev–Trinajstić information content (AvgIpc) is 2.54. The van der Waals surface area contributed by atoms with Crippen molar-refractivity contribution in [1.82, 2.24) is 0 Å². The number of nitro groups is 1. The van der Waals surface area contributed by atoms with Crippen molar-refractivity contribution in [1.29, 1.82) is 0 Å². The van der Waals surface area contributed by atoms with Crippen LogP contribution in [0.3, 0.4) is 0 Å². The molecular weight excluding hydrogens is 340 g/mol. The molecule has 1 amide bonds. The molecule has 0 saturated carbocycles. The molecule has 0 bridgehead atoms. The first kappa shape index (κ1) is 17.2. The fourth-order valence-electron chi connectivity index (χ4n) is 1.78. The topological polar surface area (TPSA) is 119 Å². The first-order chi connectivity index (χ1) is 11.4. The van der Waals surface area contributed by atoms with Crippen molar-refractivity contribution in [2.24, 2.45) is 0 Å². The number of nitrogens with zero attached hydrogens (tertiary/aromatic N) is 1. The van der Waals surface area contributed by atoms with Gasteiger partial charge >= 0.3 is 5.97 Å². The zero-order valence-electron chi connectivity index (χ0n) is 12.1. The van der Waals surface area contributed by atoms with Crippen LogP contribution in [-0.2, 0) is 9.53 Å². The molecule has 2 aromatic rings. The first-order valence-corrected chi connectivity index (χ1v) is 6.94. The summed E-state index contributed by atoms with van der Waals surface area (Å²) in [6, 6.07) is 9.15. The number of phenols is 1. The molecule has 24 heavy (non-hydrogen) atoms. The van der Waals surface area contributed by atoms with E-state index < -0.39 is 29.1 Å². The van der Waals surface area contributed by atoms with Crippen LogP contribution in [0.2, 0.25) is 5.02 Å². The smallest absolute Gasteiger partial charge is 0.345 e. The maximum Gasteiger partial charge on any atom is 0.345 e. The number of hydrogen-bond donors (Lipinski definition) is 2. The van der Waals surface area contributed by atoms with Gasteiger partial charge in [-0.1, -0.05) is 11.6 Å². The van der Waals surface area contributed by atoms with Gasteiger partial charge in [-0.2, -0.15) is 0 Å². The Bertz CT molecular complexity index is 791. The molecule has 0 atom stereocenters. The van der Waals surface area contributed by atoms with E-state index in [1.165, 1.54) is 30.3 Å². The lowest BCUT2D eigenvalue weighted by atomic mass is 10.2. The molecule has 0 spiro atoms. The number of rotatable bonds is 5. The number of nitro benzene ring substituents is 1. The normalized spacial score (nSPS) is 10.0. The summed E-state index contributed by atoms with van der Waals surface area (Å²) in [4.78, 5) is 33.8. The Morgan fingerprint density at radius 3 is 2.50 bits per heavy atom. The molecule has 0 fully saturated rings. The average molecular weight is 351 g/mol. The van der Waals surface area contributed by atoms with Gasteiger partial charge in [0.1, 0.15) is 11.3 Å².